The maximum absolute atomic E-state index is 12.2. The summed E-state index contributed by atoms with van der Waals surface area (Å²) in [5.41, 5.74) is 1.07. The lowest BCUT2D eigenvalue weighted by Crippen LogP contribution is -2.37. The Hall–Kier alpha value is -0.920. The van der Waals surface area contributed by atoms with Crippen LogP contribution in [0, 0.1) is 13.8 Å². The zero-order chi connectivity index (χ0) is 14.6. The highest BCUT2D eigenvalue weighted by molar-refractivity contribution is 7.89. The summed E-state index contributed by atoms with van der Waals surface area (Å²) in [6.07, 6.45) is 1.04. The number of hydrogen-bond acceptors (Lipinski definition) is 4. The number of H-pyrrole nitrogens is 1. The fourth-order valence-electron chi connectivity index (χ4n) is 1.90. The maximum atomic E-state index is 12.2. The smallest absolute Gasteiger partial charge is 0.244 e. The van der Waals surface area contributed by atoms with Gasteiger partial charge < -0.3 is 4.90 Å². The molecule has 0 aliphatic rings. The first-order valence-corrected chi connectivity index (χ1v) is 7.99. The van der Waals surface area contributed by atoms with Crippen molar-refractivity contribution < 1.29 is 8.42 Å². The minimum Gasteiger partial charge on any atom is -0.302 e. The van der Waals surface area contributed by atoms with E-state index >= 15 is 0 Å². The number of nitrogens with zero attached hydrogens (tertiary/aromatic N) is 2. The van der Waals surface area contributed by atoms with Gasteiger partial charge in [0, 0.05) is 19.1 Å². The molecule has 0 saturated carbocycles. The van der Waals surface area contributed by atoms with Crippen molar-refractivity contribution in [1.29, 1.82) is 0 Å². The molecule has 0 bridgehead atoms. The average Bonchev–Trinajstić information content (AvgIpc) is 2.68. The maximum Gasteiger partial charge on any atom is 0.244 e. The summed E-state index contributed by atoms with van der Waals surface area (Å²) in [6.45, 7) is 8.71. The standard InChI is InChI=1S/C12H24N4O2S/c1-6-9(2)16(5)8-7-13-19(17,18)12-10(3)14-15-11(12)4/h9,13H,6-8H2,1-5H3,(H,14,15). The van der Waals surface area contributed by atoms with Gasteiger partial charge in [-0.05, 0) is 34.2 Å². The number of aromatic nitrogens is 2. The Morgan fingerprint density at radius 1 is 1.42 bits per heavy atom. The quantitative estimate of drug-likeness (QED) is 0.785. The second kappa shape index (κ2) is 6.49. The topological polar surface area (TPSA) is 78.1 Å². The van der Waals surface area contributed by atoms with E-state index in [0.717, 1.165) is 6.42 Å². The molecule has 110 valence electrons. The average molecular weight is 288 g/mol. The van der Waals surface area contributed by atoms with Gasteiger partial charge in [-0.15, -0.1) is 0 Å². The Kier molecular flexibility index (Phi) is 5.51. The molecule has 0 aliphatic heterocycles. The molecule has 1 heterocycles. The third kappa shape index (κ3) is 4.02. The van der Waals surface area contributed by atoms with Gasteiger partial charge in [0.2, 0.25) is 10.0 Å². The molecule has 0 amide bonds. The first-order valence-electron chi connectivity index (χ1n) is 6.51. The molecule has 1 atom stereocenters. The molecule has 0 spiro atoms. The normalized spacial score (nSPS) is 14.0. The third-order valence-electron chi connectivity index (χ3n) is 3.43. The molecule has 1 rings (SSSR count). The number of hydrogen-bond donors (Lipinski definition) is 2. The van der Waals surface area contributed by atoms with Crippen molar-refractivity contribution in [3.05, 3.63) is 11.4 Å². The number of rotatable bonds is 7. The first-order chi connectivity index (χ1) is 8.79. The van der Waals surface area contributed by atoms with Gasteiger partial charge in [0.1, 0.15) is 4.90 Å². The molecule has 1 aromatic heterocycles. The fraction of sp³-hybridized carbons (Fsp3) is 0.750. The van der Waals surface area contributed by atoms with Gasteiger partial charge in [-0.1, -0.05) is 6.92 Å². The van der Waals surface area contributed by atoms with E-state index in [0.29, 0.717) is 30.5 Å². The second-order valence-electron chi connectivity index (χ2n) is 4.90. The molecule has 1 unspecified atom stereocenters. The Morgan fingerprint density at radius 2 is 2.05 bits per heavy atom. The van der Waals surface area contributed by atoms with Crippen LogP contribution >= 0.6 is 0 Å². The van der Waals surface area contributed by atoms with Crippen LogP contribution in [0.15, 0.2) is 4.90 Å². The Bertz CT molecular complexity index is 490. The first kappa shape index (κ1) is 16.1. The molecular weight excluding hydrogens is 264 g/mol. The Labute approximate surface area is 115 Å². The highest BCUT2D eigenvalue weighted by atomic mass is 32.2. The molecule has 0 aromatic carbocycles. The predicted octanol–water partition coefficient (Wildman–Crippen LogP) is 1.04. The van der Waals surface area contributed by atoms with Gasteiger partial charge in [-0.3, -0.25) is 5.10 Å². The highest BCUT2D eigenvalue weighted by Gasteiger charge is 2.21. The zero-order valence-corrected chi connectivity index (χ0v) is 13.1. The van der Waals surface area contributed by atoms with Crippen molar-refractivity contribution in [3.8, 4) is 0 Å². The molecule has 0 saturated heterocycles. The van der Waals surface area contributed by atoms with Gasteiger partial charge >= 0.3 is 0 Å². The lowest BCUT2D eigenvalue weighted by molar-refractivity contribution is 0.256. The number of sulfonamides is 1. The summed E-state index contributed by atoms with van der Waals surface area (Å²) in [5.74, 6) is 0. The van der Waals surface area contributed by atoms with Gasteiger partial charge in [0.25, 0.3) is 0 Å². The van der Waals surface area contributed by atoms with E-state index in [2.05, 4.69) is 33.7 Å². The van der Waals surface area contributed by atoms with E-state index in [4.69, 9.17) is 0 Å². The van der Waals surface area contributed by atoms with Gasteiger partial charge in [0.15, 0.2) is 0 Å². The minimum absolute atomic E-state index is 0.263. The van der Waals surface area contributed by atoms with Crippen LogP contribution in [-0.4, -0.2) is 49.7 Å². The van der Waals surface area contributed by atoms with E-state index < -0.39 is 10.0 Å². The lowest BCUT2D eigenvalue weighted by Gasteiger charge is -2.23. The molecule has 7 heteroatoms. The summed E-state index contributed by atoms with van der Waals surface area (Å²) in [4.78, 5) is 2.40. The predicted molar refractivity (Wildman–Crippen MR) is 75.6 cm³/mol. The molecule has 0 fully saturated rings. The van der Waals surface area contributed by atoms with Gasteiger partial charge in [-0.25, -0.2) is 13.1 Å². The van der Waals surface area contributed by atoms with Crippen LogP contribution in [0.2, 0.25) is 0 Å². The van der Waals surface area contributed by atoms with E-state index in [-0.39, 0.29) is 4.90 Å². The van der Waals surface area contributed by atoms with Crippen LogP contribution in [0.4, 0.5) is 0 Å². The number of aryl methyl sites for hydroxylation is 2. The van der Waals surface area contributed by atoms with Crippen LogP contribution in [0.1, 0.15) is 31.7 Å². The van der Waals surface area contributed by atoms with Crippen molar-refractivity contribution in [3.63, 3.8) is 0 Å². The number of aromatic amines is 1. The summed E-state index contributed by atoms with van der Waals surface area (Å²) in [5, 5.41) is 6.60. The largest absolute Gasteiger partial charge is 0.302 e. The molecule has 6 nitrogen and oxygen atoms in total. The zero-order valence-electron chi connectivity index (χ0n) is 12.3. The van der Waals surface area contributed by atoms with Crippen LogP contribution in [0.25, 0.3) is 0 Å². The SMILES string of the molecule is CCC(C)N(C)CCNS(=O)(=O)c1c(C)n[nH]c1C. The molecule has 0 radical (unpaired) electrons. The van der Waals surface area contributed by atoms with Crippen LogP contribution in [0.5, 0.6) is 0 Å². The summed E-state index contributed by atoms with van der Waals surface area (Å²) >= 11 is 0. The van der Waals surface area contributed by atoms with Crippen LogP contribution in [-0.2, 0) is 10.0 Å². The lowest BCUT2D eigenvalue weighted by atomic mass is 10.2. The van der Waals surface area contributed by atoms with E-state index in [9.17, 15) is 8.42 Å². The van der Waals surface area contributed by atoms with E-state index in [1.807, 2.05) is 7.05 Å². The minimum atomic E-state index is -3.48. The van der Waals surface area contributed by atoms with Crippen LogP contribution in [0.3, 0.4) is 0 Å². The number of likely N-dealkylation sites (N-methyl/N-ethyl adjacent to an activating group) is 1. The van der Waals surface area contributed by atoms with Crippen molar-refractivity contribution in [2.24, 2.45) is 0 Å². The van der Waals surface area contributed by atoms with Crippen molar-refractivity contribution in [2.75, 3.05) is 20.1 Å². The monoisotopic (exact) mass is 288 g/mol. The summed E-state index contributed by atoms with van der Waals surface area (Å²) in [6, 6.07) is 0.446. The third-order valence-corrected chi connectivity index (χ3v) is 5.15. The Morgan fingerprint density at radius 3 is 2.53 bits per heavy atom. The summed E-state index contributed by atoms with van der Waals surface area (Å²) < 4.78 is 27.0. The van der Waals surface area contributed by atoms with E-state index in [1.54, 1.807) is 13.8 Å². The van der Waals surface area contributed by atoms with Crippen molar-refractivity contribution in [1.82, 2.24) is 19.8 Å². The van der Waals surface area contributed by atoms with Crippen molar-refractivity contribution in [2.45, 2.75) is 45.1 Å². The van der Waals surface area contributed by atoms with Gasteiger partial charge in [0.05, 0.1) is 11.4 Å². The van der Waals surface area contributed by atoms with Crippen molar-refractivity contribution >= 4 is 10.0 Å². The molecular formula is C12H24N4O2S. The second-order valence-corrected chi connectivity index (χ2v) is 6.60. The molecule has 0 aliphatic carbocycles. The highest BCUT2D eigenvalue weighted by Crippen LogP contribution is 2.15. The molecule has 1 aromatic rings. The Balaban J connectivity index is 2.63. The number of nitrogens with one attached hydrogen (secondary N) is 2. The summed E-state index contributed by atoms with van der Waals surface area (Å²) in [7, 11) is -1.48. The molecule has 2 N–H and O–H groups in total. The fourth-order valence-corrected chi connectivity index (χ4v) is 3.28. The molecule has 19 heavy (non-hydrogen) atoms. The van der Waals surface area contributed by atoms with Crippen LogP contribution < -0.4 is 4.72 Å². The van der Waals surface area contributed by atoms with E-state index in [1.165, 1.54) is 0 Å². The van der Waals surface area contributed by atoms with Gasteiger partial charge in [-0.2, -0.15) is 5.10 Å².